The minimum atomic E-state index is -4.51. The number of nitrogens with zero attached hydrogens (tertiary/aromatic N) is 2. The van der Waals surface area contributed by atoms with Gasteiger partial charge in [0.15, 0.2) is 0 Å². The maximum Gasteiger partial charge on any atom is 0.416 e. The van der Waals surface area contributed by atoms with Gasteiger partial charge in [-0.05, 0) is 18.2 Å². The molecular weight excluding hydrogens is 401 g/mol. The Morgan fingerprint density at radius 3 is 2.43 bits per heavy atom. The van der Waals surface area contributed by atoms with Crippen LogP contribution in [-0.4, -0.2) is 51.1 Å². The second kappa shape index (κ2) is 7.47. The second-order valence-electron chi connectivity index (χ2n) is 5.96. The van der Waals surface area contributed by atoms with Gasteiger partial charge < -0.3 is 14.2 Å². The maximum atomic E-state index is 12.8. The number of sulfonamides is 1. The maximum absolute atomic E-state index is 12.8. The molecule has 0 bridgehead atoms. The molecule has 0 spiro atoms. The smallest absolute Gasteiger partial charge is 0.416 e. The predicted octanol–water partition coefficient (Wildman–Crippen LogP) is 2.57. The Balaban J connectivity index is 1.71. The zero-order valence-corrected chi connectivity index (χ0v) is 15.7. The predicted molar refractivity (Wildman–Crippen MR) is 92.0 cm³/mol. The van der Waals surface area contributed by atoms with Crippen LogP contribution in [0.2, 0.25) is 0 Å². The molecule has 1 aliphatic heterocycles. The summed E-state index contributed by atoms with van der Waals surface area (Å²) in [4.78, 5) is 3.68. The van der Waals surface area contributed by atoms with E-state index in [4.69, 9.17) is 14.2 Å². The number of hydrogen-bond donors (Lipinski definition) is 0. The lowest BCUT2D eigenvalue weighted by atomic mass is 10.2. The number of methoxy groups -OCH3 is 2. The van der Waals surface area contributed by atoms with Crippen LogP contribution in [-0.2, 0) is 16.2 Å². The third-order valence-electron chi connectivity index (χ3n) is 4.15. The number of aromatic nitrogens is 1. The first kappa shape index (κ1) is 20.2. The van der Waals surface area contributed by atoms with E-state index in [0.29, 0.717) is 5.75 Å². The van der Waals surface area contributed by atoms with Crippen molar-refractivity contribution >= 4 is 10.0 Å². The van der Waals surface area contributed by atoms with Crippen LogP contribution < -0.4 is 14.2 Å². The van der Waals surface area contributed by atoms with Crippen LogP contribution in [0.5, 0.6) is 17.4 Å². The van der Waals surface area contributed by atoms with Gasteiger partial charge in [0, 0.05) is 18.3 Å². The van der Waals surface area contributed by atoms with Crippen molar-refractivity contribution in [3.05, 3.63) is 42.1 Å². The van der Waals surface area contributed by atoms with Gasteiger partial charge in [0.05, 0.1) is 32.9 Å². The molecule has 0 atom stereocenters. The molecule has 11 heteroatoms. The summed E-state index contributed by atoms with van der Waals surface area (Å²) in [6.07, 6.45) is -4.13. The zero-order valence-electron chi connectivity index (χ0n) is 14.9. The topological polar surface area (TPSA) is 78.0 Å². The Morgan fingerprint density at radius 2 is 1.82 bits per heavy atom. The van der Waals surface area contributed by atoms with Crippen molar-refractivity contribution in [3.8, 4) is 17.4 Å². The first-order chi connectivity index (χ1) is 13.1. The highest BCUT2D eigenvalue weighted by Gasteiger charge is 2.40. The van der Waals surface area contributed by atoms with Crippen molar-refractivity contribution in [2.24, 2.45) is 0 Å². The molecule has 1 aliphatic rings. The van der Waals surface area contributed by atoms with Crippen LogP contribution in [0.4, 0.5) is 13.2 Å². The molecule has 0 unspecified atom stereocenters. The van der Waals surface area contributed by atoms with Crippen molar-refractivity contribution in [2.45, 2.75) is 17.2 Å². The summed E-state index contributed by atoms with van der Waals surface area (Å²) in [6, 6.07) is 6.00. The fourth-order valence-corrected chi connectivity index (χ4v) is 4.29. The number of hydrogen-bond acceptors (Lipinski definition) is 6. The fraction of sp³-hybridized carbons (Fsp3) is 0.353. The summed E-state index contributed by atoms with van der Waals surface area (Å²) in [7, 11) is -1.13. The quantitative estimate of drug-likeness (QED) is 0.718. The molecule has 1 aromatic carbocycles. The molecule has 3 rings (SSSR count). The van der Waals surface area contributed by atoms with E-state index >= 15 is 0 Å². The molecule has 28 heavy (non-hydrogen) atoms. The molecule has 0 saturated carbocycles. The molecule has 0 aliphatic carbocycles. The normalized spacial score (nSPS) is 15.8. The van der Waals surface area contributed by atoms with Crippen LogP contribution in [0, 0.1) is 0 Å². The first-order valence-electron chi connectivity index (χ1n) is 8.07. The van der Waals surface area contributed by atoms with Crippen molar-refractivity contribution in [1.29, 1.82) is 0 Å². The molecular formula is C17H17F3N2O5S. The lowest BCUT2D eigenvalue weighted by Crippen LogP contribution is -2.56. The summed E-state index contributed by atoms with van der Waals surface area (Å²) in [5.41, 5.74) is -0.887. The van der Waals surface area contributed by atoms with Gasteiger partial charge in [0.25, 0.3) is 0 Å². The zero-order chi connectivity index (χ0) is 20.5. The van der Waals surface area contributed by atoms with Crippen LogP contribution >= 0.6 is 0 Å². The van der Waals surface area contributed by atoms with E-state index in [9.17, 15) is 21.6 Å². The highest BCUT2D eigenvalue weighted by Crippen LogP contribution is 2.34. The lowest BCUT2D eigenvalue weighted by molar-refractivity contribution is -0.137. The molecule has 2 aromatic rings. The van der Waals surface area contributed by atoms with Gasteiger partial charge in [-0.2, -0.15) is 17.5 Å². The molecule has 2 heterocycles. The van der Waals surface area contributed by atoms with Crippen molar-refractivity contribution in [2.75, 3.05) is 27.3 Å². The number of alkyl halides is 3. The molecule has 0 amide bonds. The number of benzene rings is 1. The molecule has 0 radical (unpaired) electrons. The van der Waals surface area contributed by atoms with Crippen LogP contribution in [0.15, 0.2) is 41.4 Å². The van der Waals surface area contributed by atoms with Gasteiger partial charge in [-0.15, -0.1) is 0 Å². The minimum absolute atomic E-state index is 0.0272. The van der Waals surface area contributed by atoms with Gasteiger partial charge in [0.1, 0.15) is 22.5 Å². The standard InChI is InChI=1S/C17H17F3N2O5S/c1-25-12-3-4-14(26-2)15(8-12)28(23,24)22-9-13(10-22)27-16-7-11(5-6-21-16)17(18,19)20/h3-8,13H,9-10H2,1-2H3. The first-order valence-corrected chi connectivity index (χ1v) is 9.51. The third kappa shape index (κ3) is 3.99. The van der Waals surface area contributed by atoms with E-state index in [-0.39, 0.29) is 29.6 Å². The Morgan fingerprint density at radius 1 is 1.11 bits per heavy atom. The third-order valence-corrected chi connectivity index (χ3v) is 6.01. The van der Waals surface area contributed by atoms with Crippen molar-refractivity contribution in [1.82, 2.24) is 9.29 Å². The van der Waals surface area contributed by atoms with Crippen molar-refractivity contribution < 1.29 is 35.8 Å². The Hall–Kier alpha value is -2.53. The Labute approximate surface area is 159 Å². The minimum Gasteiger partial charge on any atom is -0.497 e. The average Bonchev–Trinajstić information content (AvgIpc) is 2.63. The Bertz CT molecular complexity index is 960. The summed E-state index contributed by atoms with van der Waals surface area (Å²) in [5, 5.41) is 0. The number of rotatable bonds is 6. The van der Waals surface area contributed by atoms with Gasteiger partial charge in [-0.25, -0.2) is 13.4 Å². The monoisotopic (exact) mass is 418 g/mol. The van der Waals surface area contributed by atoms with E-state index < -0.39 is 27.9 Å². The van der Waals surface area contributed by atoms with E-state index in [1.807, 2.05) is 0 Å². The van der Waals surface area contributed by atoms with Gasteiger partial charge in [-0.1, -0.05) is 0 Å². The molecule has 7 nitrogen and oxygen atoms in total. The van der Waals surface area contributed by atoms with Gasteiger partial charge >= 0.3 is 6.18 Å². The number of ether oxygens (including phenoxy) is 3. The molecule has 1 aromatic heterocycles. The summed E-state index contributed by atoms with van der Waals surface area (Å²) >= 11 is 0. The summed E-state index contributed by atoms with van der Waals surface area (Å²) in [5.74, 6) is 0.293. The van der Waals surface area contributed by atoms with E-state index in [1.54, 1.807) is 6.07 Å². The molecule has 1 fully saturated rings. The summed E-state index contributed by atoms with van der Waals surface area (Å²) in [6.45, 7) is -0.0543. The average molecular weight is 418 g/mol. The molecule has 152 valence electrons. The van der Waals surface area contributed by atoms with Crippen LogP contribution in [0.3, 0.4) is 0 Å². The SMILES string of the molecule is COc1ccc(OC)c(S(=O)(=O)N2CC(Oc3cc(C(F)(F)F)ccn3)C2)c1. The molecule has 1 saturated heterocycles. The lowest BCUT2D eigenvalue weighted by Gasteiger charge is -2.37. The van der Waals surface area contributed by atoms with Crippen LogP contribution in [0.25, 0.3) is 0 Å². The van der Waals surface area contributed by atoms with E-state index in [2.05, 4.69) is 4.98 Å². The molecule has 0 N–H and O–H groups in total. The van der Waals surface area contributed by atoms with Gasteiger partial charge in [-0.3, -0.25) is 0 Å². The second-order valence-corrected chi connectivity index (χ2v) is 7.87. The highest BCUT2D eigenvalue weighted by molar-refractivity contribution is 7.89. The fourth-order valence-electron chi connectivity index (χ4n) is 2.62. The highest BCUT2D eigenvalue weighted by atomic mass is 32.2. The largest absolute Gasteiger partial charge is 0.497 e. The summed E-state index contributed by atoms with van der Waals surface area (Å²) < 4.78 is 80.6. The van der Waals surface area contributed by atoms with Crippen molar-refractivity contribution in [3.63, 3.8) is 0 Å². The van der Waals surface area contributed by atoms with Crippen LogP contribution in [0.1, 0.15) is 5.56 Å². The van der Waals surface area contributed by atoms with E-state index in [0.717, 1.165) is 22.6 Å². The number of pyridine rings is 1. The van der Waals surface area contributed by atoms with E-state index in [1.165, 1.54) is 26.4 Å². The Kier molecular flexibility index (Phi) is 5.39. The van der Waals surface area contributed by atoms with Gasteiger partial charge in [0.2, 0.25) is 15.9 Å². The number of halogens is 3.